The van der Waals surface area contributed by atoms with Crippen LogP contribution in [0.2, 0.25) is 10.0 Å². The van der Waals surface area contributed by atoms with Gasteiger partial charge in [-0.25, -0.2) is 4.98 Å². The number of benzene rings is 3. The van der Waals surface area contributed by atoms with Crippen LogP contribution in [-0.4, -0.2) is 9.97 Å². The Kier molecular flexibility index (Phi) is 5.53. The third-order valence-electron chi connectivity index (χ3n) is 4.38. The number of hydrogen-bond acceptors (Lipinski definition) is 3. The molecule has 0 aliphatic rings. The van der Waals surface area contributed by atoms with Crippen molar-refractivity contribution in [2.75, 3.05) is 0 Å². The van der Waals surface area contributed by atoms with E-state index in [0.29, 0.717) is 27.2 Å². The summed E-state index contributed by atoms with van der Waals surface area (Å²) in [4.78, 5) is 7.69. The van der Waals surface area contributed by atoms with Gasteiger partial charge in [0.1, 0.15) is 24.3 Å². The summed E-state index contributed by atoms with van der Waals surface area (Å²) < 4.78 is 5.97. The lowest BCUT2D eigenvalue weighted by Gasteiger charge is -2.11. The van der Waals surface area contributed by atoms with Crippen molar-refractivity contribution in [1.82, 2.24) is 9.97 Å². The monoisotopic (exact) mass is 419 g/mol. The number of H-pyrrole nitrogens is 1. The van der Waals surface area contributed by atoms with Crippen molar-refractivity contribution in [3.05, 3.63) is 93.7 Å². The van der Waals surface area contributed by atoms with Crippen LogP contribution in [0.1, 0.15) is 17.0 Å². The minimum absolute atomic E-state index is 0.285. The molecule has 0 atom stereocenters. The Hall–Kier alpha value is -3.26. The second-order valence-electron chi connectivity index (χ2n) is 6.33. The van der Waals surface area contributed by atoms with E-state index in [4.69, 9.17) is 27.9 Å². The van der Waals surface area contributed by atoms with Crippen molar-refractivity contribution >= 4 is 45.9 Å². The Bertz CT molecular complexity index is 1220. The Labute approximate surface area is 178 Å². The molecule has 0 bridgehead atoms. The molecule has 0 radical (unpaired) electrons. The van der Waals surface area contributed by atoms with Crippen LogP contribution in [0, 0.1) is 11.3 Å². The number of halogens is 2. The lowest BCUT2D eigenvalue weighted by Crippen LogP contribution is -1.98. The molecule has 0 saturated carbocycles. The Morgan fingerprint density at radius 1 is 1.07 bits per heavy atom. The predicted molar refractivity (Wildman–Crippen MR) is 117 cm³/mol. The highest BCUT2D eigenvalue weighted by molar-refractivity contribution is 6.35. The minimum atomic E-state index is 0.285. The van der Waals surface area contributed by atoms with Gasteiger partial charge in [0.05, 0.1) is 16.6 Å². The van der Waals surface area contributed by atoms with Crippen LogP contribution >= 0.6 is 23.2 Å². The zero-order valence-electron chi connectivity index (χ0n) is 15.2. The molecular formula is C23H15Cl2N3O. The molecule has 0 amide bonds. The topological polar surface area (TPSA) is 61.7 Å². The van der Waals surface area contributed by atoms with Gasteiger partial charge in [-0.05, 0) is 36.4 Å². The molecule has 4 rings (SSSR count). The second kappa shape index (κ2) is 8.40. The molecule has 1 aromatic heterocycles. The molecule has 0 saturated heterocycles. The van der Waals surface area contributed by atoms with Crippen molar-refractivity contribution < 1.29 is 4.74 Å². The number of nitrogens with zero attached hydrogens (tertiary/aromatic N) is 2. The van der Waals surface area contributed by atoms with E-state index in [2.05, 4.69) is 16.0 Å². The summed E-state index contributed by atoms with van der Waals surface area (Å²) >= 11 is 12.2. The molecule has 6 heteroatoms. The number of fused-ring (bicyclic) bond motifs is 1. The van der Waals surface area contributed by atoms with Gasteiger partial charge < -0.3 is 9.72 Å². The normalized spacial score (nSPS) is 11.4. The molecule has 0 aliphatic carbocycles. The van der Waals surface area contributed by atoms with E-state index in [1.54, 1.807) is 18.2 Å². The molecule has 4 nitrogen and oxygen atoms in total. The molecule has 0 fully saturated rings. The van der Waals surface area contributed by atoms with Crippen molar-refractivity contribution in [2.24, 2.45) is 0 Å². The van der Waals surface area contributed by atoms with E-state index in [1.807, 2.05) is 54.6 Å². The summed E-state index contributed by atoms with van der Waals surface area (Å²) in [6, 6.07) is 22.7. The fourth-order valence-electron chi connectivity index (χ4n) is 2.91. The first kappa shape index (κ1) is 19.1. The molecule has 0 aliphatic heterocycles. The van der Waals surface area contributed by atoms with Crippen LogP contribution in [0.3, 0.4) is 0 Å². The van der Waals surface area contributed by atoms with Gasteiger partial charge in [-0.1, -0.05) is 59.6 Å². The lowest BCUT2D eigenvalue weighted by atomic mass is 10.1. The van der Waals surface area contributed by atoms with E-state index in [-0.39, 0.29) is 6.61 Å². The third kappa shape index (κ3) is 4.27. The third-order valence-corrected chi connectivity index (χ3v) is 4.97. The highest BCUT2D eigenvalue weighted by Gasteiger charge is 2.10. The highest BCUT2D eigenvalue weighted by Crippen LogP contribution is 2.27. The van der Waals surface area contributed by atoms with Crippen molar-refractivity contribution in [3.8, 4) is 11.8 Å². The van der Waals surface area contributed by atoms with Gasteiger partial charge in [-0.15, -0.1) is 0 Å². The van der Waals surface area contributed by atoms with E-state index in [1.165, 1.54) is 0 Å². The average Bonchev–Trinajstić information content (AvgIpc) is 3.16. The van der Waals surface area contributed by atoms with Gasteiger partial charge in [0.25, 0.3) is 0 Å². The van der Waals surface area contributed by atoms with Gasteiger partial charge in [0, 0.05) is 21.2 Å². The fourth-order valence-corrected chi connectivity index (χ4v) is 3.38. The standard InChI is InChI=1S/C23H15Cl2N3O/c24-18-10-9-16(19(25)12-18)14-29-22-8-4-1-5-15(22)11-17(13-26)23-27-20-6-2-3-7-21(20)28-23/h1-12H,14H2,(H,27,28)/b17-11+. The lowest BCUT2D eigenvalue weighted by molar-refractivity contribution is 0.305. The van der Waals surface area contributed by atoms with Gasteiger partial charge in [-0.3, -0.25) is 0 Å². The van der Waals surface area contributed by atoms with Crippen molar-refractivity contribution in [2.45, 2.75) is 6.61 Å². The maximum atomic E-state index is 9.68. The number of ether oxygens (including phenoxy) is 1. The summed E-state index contributed by atoms with van der Waals surface area (Å²) in [5.41, 5.74) is 3.71. The number of para-hydroxylation sites is 3. The number of hydrogen-bond donors (Lipinski definition) is 1. The zero-order valence-corrected chi connectivity index (χ0v) is 16.7. The molecule has 3 aromatic carbocycles. The Morgan fingerprint density at radius 3 is 2.66 bits per heavy atom. The molecule has 1 heterocycles. The number of aromatic nitrogens is 2. The smallest absolute Gasteiger partial charge is 0.149 e. The predicted octanol–water partition coefficient (Wildman–Crippen LogP) is 6.51. The molecule has 142 valence electrons. The van der Waals surface area contributed by atoms with E-state index in [9.17, 15) is 5.26 Å². The van der Waals surface area contributed by atoms with Crippen molar-refractivity contribution in [3.63, 3.8) is 0 Å². The van der Waals surface area contributed by atoms with Gasteiger partial charge in [0.15, 0.2) is 0 Å². The van der Waals surface area contributed by atoms with E-state index < -0.39 is 0 Å². The van der Waals surface area contributed by atoms with Crippen LogP contribution in [-0.2, 0) is 6.61 Å². The first-order valence-electron chi connectivity index (χ1n) is 8.87. The number of nitriles is 1. The number of nitrogens with one attached hydrogen (secondary N) is 1. The molecule has 0 unspecified atom stereocenters. The summed E-state index contributed by atoms with van der Waals surface area (Å²) in [7, 11) is 0. The molecule has 1 N–H and O–H groups in total. The number of allylic oxidation sites excluding steroid dienone is 1. The van der Waals surface area contributed by atoms with Crippen LogP contribution in [0.4, 0.5) is 0 Å². The van der Waals surface area contributed by atoms with Gasteiger partial charge >= 0.3 is 0 Å². The summed E-state index contributed by atoms with van der Waals surface area (Å²) in [5, 5.41) is 10.8. The maximum absolute atomic E-state index is 9.68. The highest BCUT2D eigenvalue weighted by atomic mass is 35.5. The molecule has 4 aromatic rings. The SMILES string of the molecule is N#C/C(=C\c1ccccc1OCc1ccc(Cl)cc1Cl)c1nc2ccccc2[nH]1. The van der Waals surface area contributed by atoms with Crippen LogP contribution in [0.5, 0.6) is 5.75 Å². The number of aromatic amines is 1. The second-order valence-corrected chi connectivity index (χ2v) is 7.18. The van der Waals surface area contributed by atoms with E-state index in [0.717, 1.165) is 22.2 Å². The average molecular weight is 420 g/mol. The van der Waals surface area contributed by atoms with Crippen LogP contribution in [0.25, 0.3) is 22.7 Å². The van der Waals surface area contributed by atoms with Crippen LogP contribution in [0.15, 0.2) is 66.7 Å². The molecule has 29 heavy (non-hydrogen) atoms. The maximum Gasteiger partial charge on any atom is 0.149 e. The summed E-state index contributed by atoms with van der Waals surface area (Å²) in [5.74, 6) is 1.16. The summed E-state index contributed by atoms with van der Waals surface area (Å²) in [6.07, 6.45) is 1.76. The summed E-state index contributed by atoms with van der Waals surface area (Å²) in [6.45, 7) is 0.285. The first-order chi connectivity index (χ1) is 14.1. The Balaban J connectivity index is 1.63. The number of imidazole rings is 1. The fraction of sp³-hybridized carbons (Fsp3) is 0.0435. The minimum Gasteiger partial charge on any atom is -0.488 e. The van der Waals surface area contributed by atoms with E-state index >= 15 is 0 Å². The number of rotatable bonds is 5. The van der Waals surface area contributed by atoms with Crippen molar-refractivity contribution in [1.29, 1.82) is 5.26 Å². The Morgan fingerprint density at radius 2 is 1.86 bits per heavy atom. The first-order valence-corrected chi connectivity index (χ1v) is 9.62. The quantitative estimate of drug-likeness (QED) is 0.374. The van der Waals surface area contributed by atoms with Crippen LogP contribution < -0.4 is 4.74 Å². The largest absolute Gasteiger partial charge is 0.488 e. The molecule has 0 spiro atoms. The van der Waals surface area contributed by atoms with Gasteiger partial charge in [-0.2, -0.15) is 5.26 Å². The van der Waals surface area contributed by atoms with Gasteiger partial charge in [0.2, 0.25) is 0 Å². The molecular weight excluding hydrogens is 405 g/mol. The zero-order chi connectivity index (χ0) is 20.2.